The minimum absolute atomic E-state index is 0.104. The monoisotopic (exact) mass is 300 g/mol. The Morgan fingerprint density at radius 3 is 2.52 bits per heavy atom. The molecule has 1 heterocycles. The number of hydrogen-bond acceptors (Lipinski definition) is 4. The Hall–Kier alpha value is -1.63. The predicted octanol–water partition coefficient (Wildman–Crippen LogP) is 0.589. The maximum Gasteiger partial charge on any atom is 0.326 e. The van der Waals surface area contributed by atoms with E-state index in [0.717, 1.165) is 19.4 Å². The maximum atomic E-state index is 12.3. The van der Waals surface area contributed by atoms with Crippen LogP contribution in [0.15, 0.2) is 0 Å². The fourth-order valence-corrected chi connectivity index (χ4v) is 2.63. The average Bonchev–Trinajstić information content (AvgIpc) is 2.36. The quantitative estimate of drug-likeness (QED) is 0.547. The van der Waals surface area contributed by atoms with Crippen LogP contribution in [0, 0.1) is 5.41 Å². The lowest BCUT2D eigenvalue weighted by molar-refractivity contribution is -0.143. The fraction of sp³-hybridized carbons (Fsp3) is 0.786. The van der Waals surface area contributed by atoms with E-state index in [2.05, 4.69) is 10.6 Å². The molecule has 1 aliphatic rings. The van der Waals surface area contributed by atoms with Crippen molar-refractivity contribution in [2.75, 3.05) is 6.54 Å². The first-order valence-corrected chi connectivity index (χ1v) is 7.22. The van der Waals surface area contributed by atoms with Gasteiger partial charge in [-0.2, -0.15) is 0 Å². The van der Waals surface area contributed by atoms with E-state index in [0.29, 0.717) is 0 Å². The first-order valence-electron chi connectivity index (χ1n) is 7.22. The van der Waals surface area contributed by atoms with Gasteiger partial charge >= 0.3 is 11.9 Å². The van der Waals surface area contributed by atoms with Crippen LogP contribution >= 0.6 is 0 Å². The van der Waals surface area contributed by atoms with E-state index in [1.54, 1.807) is 0 Å². The van der Waals surface area contributed by atoms with Gasteiger partial charge in [0.25, 0.3) is 0 Å². The van der Waals surface area contributed by atoms with Gasteiger partial charge in [-0.3, -0.25) is 9.59 Å². The number of amides is 1. The van der Waals surface area contributed by atoms with Gasteiger partial charge in [0, 0.05) is 6.42 Å². The molecule has 0 aromatic carbocycles. The smallest absolute Gasteiger partial charge is 0.326 e. The van der Waals surface area contributed by atoms with Crippen molar-refractivity contribution in [2.24, 2.45) is 5.41 Å². The van der Waals surface area contributed by atoms with E-state index >= 15 is 0 Å². The Morgan fingerprint density at radius 2 is 2.00 bits per heavy atom. The molecular weight excluding hydrogens is 276 g/mol. The van der Waals surface area contributed by atoms with E-state index in [1.165, 1.54) is 0 Å². The van der Waals surface area contributed by atoms with Gasteiger partial charge in [0.1, 0.15) is 6.04 Å². The third kappa shape index (κ3) is 5.34. The molecule has 2 atom stereocenters. The molecule has 0 aromatic rings. The summed E-state index contributed by atoms with van der Waals surface area (Å²) in [6.07, 6.45) is 2.11. The second kappa shape index (κ2) is 7.40. The van der Waals surface area contributed by atoms with Gasteiger partial charge in [-0.1, -0.05) is 13.8 Å². The van der Waals surface area contributed by atoms with Crippen molar-refractivity contribution in [2.45, 2.75) is 58.0 Å². The van der Waals surface area contributed by atoms with Gasteiger partial charge in [0.15, 0.2) is 0 Å². The first-order chi connectivity index (χ1) is 9.74. The van der Waals surface area contributed by atoms with Crippen LogP contribution in [0.2, 0.25) is 0 Å². The maximum absolute atomic E-state index is 12.3. The molecule has 4 N–H and O–H groups in total. The lowest BCUT2D eigenvalue weighted by atomic mass is 9.77. The molecule has 0 spiro atoms. The number of piperidine rings is 1. The van der Waals surface area contributed by atoms with Gasteiger partial charge in [-0.05, 0) is 37.6 Å². The van der Waals surface area contributed by atoms with Crippen molar-refractivity contribution < 1.29 is 24.6 Å². The lowest BCUT2D eigenvalue weighted by Gasteiger charge is -2.38. The van der Waals surface area contributed by atoms with Crippen molar-refractivity contribution >= 4 is 17.8 Å². The highest BCUT2D eigenvalue weighted by molar-refractivity contribution is 5.87. The molecule has 7 nitrogen and oxygen atoms in total. The van der Waals surface area contributed by atoms with Gasteiger partial charge < -0.3 is 20.8 Å². The molecule has 21 heavy (non-hydrogen) atoms. The van der Waals surface area contributed by atoms with Gasteiger partial charge in [-0.15, -0.1) is 0 Å². The number of carbonyl (C=O) groups excluding carboxylic acids is 1. The fourth-order valence-electron chi connectivity index (χ4n) is 2.63. The highest BCUT2D eigenvalue weighted by atomic mass is 16.4. The molecule has 1 saturated heterocycles. The molecule has 0 saturated carbocycles. The third-order valence-corrected chi connectivity index (χ3v) is 3.89. The summed E-state index contributed by atoms with van der Waals surface area (Å²) in [5.41, 5.74) is -0.230. The van der Waals surface area contributed by atoms with Crippen LogP contribution in [0.1, 0.15) is 46.0 Å². The normalized spacial score (nSPS) is 22.3. The Bertz CT molecular complexity index is 408. The second-order valence-corrected chi connectivity index (χ2v) is 6.16. The Labute approximate surface area is 124 Å². The minimum atomic E-state index is -1.14. The van der Waals surface area contributed by atoms with Crippen LogP contribution in [-0.2, 0) is 14.4 Å². The summed E-state index contributed by atoms with van der Waals surface area (Å²) in [6.45, 7) is 4.69. The Kier molecular flexibility index (Phi) is 6.14. The summed E-state index contributed by atoms with van der Waals surface area (Å²) in [5, 5.41) is 23.4. The zero-order valence-corrected chi connectivity index (χ0v) is 12.5. The highest BCUT2D eigenvalue weighted by Crippen LogP contribution is 2.30. The number of nitrogens with one attached hydrogen (secondary N) is 2. The molecule has 0 radical (unpaired) electrons. The van der Waals surface area contributed by atoms with Crippen molar-refractivity contribution in [3.8, 4) is 0 Å². The molecule has 7 heteroatoms. The predicted molar refractivity (Wildman–Crippen MR) is 75.9 cm³/mol. The number of carbonyl (C=O) groups is 3. The summed E-state index contributed by atoms with van der Waals surface area (Å²) in [7, 11) is 0. The summed E-state index contributed by atoms with van der Waals surface area (Å²) in [5.74, 6) is -2.44. The van der Waals surface area contributed by atoms with E-state index < -0.39 is 24.0 Å². The molecule has 120 valence electrons. The van der Waals surface area contributed by atoms with Crippen molar-refractivity contribution in [1.82, 2.24) is 10.6 Å². The second-order valence-electron chi connectivity index (χ2n) is 6.16. The van der Waals surface area contributed by atoms with E-state index in [1.807, 2.05) is 13.8 Å². The summed E-state index contributed by atoms with van der Waals surface area (Å²) >= 11 is 0. The highest BCUT2D eigenvalue weighted by Gasteiger charge is 2.38. The zero-order chi connectivity index (χ0) is 16.0. The van der Waals surface area contributed by atoms with Gasteiger partial charge in [0.05, 0.1) is 6.04 Å². The first kappa shape index (κ1) is 17.4. The zero-order valence-electron chi connectivity index (χ0n) is 12.5. The van der Waals surface area contributed by atoms with Crippen LogP contribution in [0.5, 0.6) is 0 Å². The summed E-state index contributed by atoms with van der Waals surface area (Å²) < 4.78 is 0. The van der Waals surface area contributed by atoms with Crippen molar-refractivity contribution in [3.63, 3.8) is 0 Å². The van der Waals surface area contributed by atoms with Crippen molar-refractivity contribution in [3.05, 3.63) is 0 Å². The van der Waals surface area contributed by atoms with Crippen LogP contribution < -0.4 is 10.6 Å². The van der Waals surface area contributed by atoms with Crippen molar-refractivity contribution in [1.29, 1.82) is 0 Å². The van der Waals surface area contributed by atoms with E-state index in [4.69, 9.17) is 10.2 Å². The number of rotatable bonds is 7. The number of hydrogen-bond donors (Lipinski definition) is 4. The molecule has 1 aliphatic heterocycles. The standard InChI is InChI=1S/C14H24N2O5/c1-14(2)7-4-8-15-11(14)12(19)16-9(13(20)21)5-3-6-10(17)18/h9,11,15H,3-8H2,1-2H3,(H,16,19)(H,17,18)(H,20,21)/t9-,11?/m1/s1. The Morgan fingerprint density at radius 1 is 1.33 bits per heavy atom. The van der Waals surface area contributed by atoms with Crippen LogP contribution in [-0.4, -0.2) is 46.7 Å². The molecule has 0 bridgehead atoms. The molecule has 1 fully saturated rings. The van der Waals surface area contributed by atoms with Gasteiger partial charge in [0.2, 0.25) is 5.91 Å². The molecule has 0 aromatic heterocycles. The number of aliphatic carboxylic acids is 2. The van der Waals surface area contributed by atoms with Crippen LogP contribution in [0.25, 0.3) is 0 Å². The summed E-state index contributed by atoms with van der Waals surface area (Å²) in [6, 6.07) is -1.47. The largest absolute Gasteiger partial charge is 0.481 e. The number of carboxylic acids is 2. The van der Waals surface area contributed by atoms with Crippen LogP contribution in [0.3, 0.4) is 0 Å². The molecular formula is C14H24N2O5. The SMILES string of the molecule is CC1(C)CCCNC1C(=O)N[C@H](CCCC(=O)O)C(=O)O. The molecule has 0 aliphatic carbocycles. The third-order valence-electron chi connectivity index (χ3n) is 3.89. The topological polar surface area (TPSA) is 116 Å². The van der Waals surface area contributed by atoms with E-state index in [-0.39, 0.29) is 30.6 Å². The minimum Gasteiger partial charge on any atom is -0.481 e. The van der Waals surface area contributed by atoms with Gasteiger partial charge in [-0.25, -0.2) is 4.79 Å². The van der Waals surface area contributed by atoms with E-state index in [9.17, 15) is 14.4 Å². The summed E-state index contributed by atoms with van der Waals surface area (Å²) in [4.78, 5) is 33.9. The molecule has 1 amide bonds. The number of carboxylic acid groups (broad SMARTS) is 2. The van der Waals surface area contributed by atoms with Crippen LogP contribution in [0.4, 0.5) is 0 Å². The Balaban J connectivity index is 2.59. The molecule has 1 unspecified atom stereocenters. The average molecular weight is 300 g/mol. The lowest BCUT2D eigenvalue weighted by Crippen LogP contribution is -2.58. The molecule has 1 rings (SSSR count).